The predicted molar refractivity (Wildman–Crippen MR) is 136 cm³/mol. The fourth-order valence-corrected chi connectivity index (χ4v) is 4.81. The number of aromatic nitrogens is 3. The Hall–Kier alpha value is -4.36. The van der Waals surface area contributed by atoms with Crippen molar-refractivity contribution >= 4 is 43.3 Å². The van der Waals surface area contributed by atoms with Crippen molar-refractivity contribution in [2.24, 2.45) is 0 Å². The van der Waals surface area contributed by atoms with Gasteiger partial charge < -0.3 is 18.5 Å². The number of hydrogen-bond donors (Lipinski definition) is 1. The summed E-state index contributed by atoms with van der Waals surface area (Å²) in [6.45, 7) is 4.61. The van der Waals surface area contributed by atoms with Gasteiger partial charge in [0.2, 0.25) is 0 Å². The Morgan fingerprint density at radius 3 is 2.64 bits per heavy atom. The number of aromatic amines is 1. The highest BCUT2D eigenvalue weighted by Gasteiger charge is 2.20. The smallest absolute Gasteiger partial charge is 0.488 e. The van der Waals surface area contributed by atoms with E-state index in [1.54, 1.807) is 25.1 Å². The van der Waals surface area contributed by atoms with E-state index in [0.717, 1.165) is 17.1 Å². The molecule has 0 saturated carbocycles. The number of benzene rings is 2. The van der Waals surface area contributed by atoms with Crippen LogP contribution in [0.4, 0.5) is 3.89 Å². The molecule has 182 valence electrons. The highest BCUT2D eigenvalue weighted by atomic mass is 32.3. The first kappa shape index (κ1) is 23.4. The number of aryl methyl sites for hydroxylation is 1. The van der Waals surface area contributed by atoms with E-state index in [9.17, 15) is 17.1 Å². The molecule has 1 N–H and O–H groups in total. The molecule has 0 fully saturated rings. The third kappa shape index (κ3) is 3.93. The molecule has 0 aliphatic heterocycles. The third-order valence-electron chi connectivity index (χ3n) is 5.91. The van der Waals surface area contributed by atoms with Crippen LogP contribution in [0.25, 0.3) is 44.0 Å². The fourth-order valence-electron chi connectivity index (χ4n) is 4.49. The monoisotopic (exact) mass is 505 g/mol. The number of H-pyrrole nitrogens is 1. The Kier molecular flexibility index (Phi) is 5.65. The minimum Gasteiger partial charge on any atom is -0.493 e. The Labute approximate surface area is 205 Å². The lowest BCUT2D eigenvalue weighted by Gasteiger charge is -2.16. The second kappa shape index (κ2) is 8.70. The van der Waals surface area contributed by atoms with Gasteiger partial charge in [-0.3, -0.25) is 9.78 Å². The normalized spacial score (nSPS) is 11.7. The summed E-state index contributed by atoms with van der Waals surface area (Å²) in [7, 11) is -5.22. The van der Waals surface area contributed by atoms with E-state index in [0.29, 0.717) is 57.5 Å². The molecular formula is C26H20FN3O5S. The second-order valence-corrected chi connectivity index (χ2v) is 8.96. The van der Waals surface area contributed by atoms with Crippen LogP contribution in [0.15, 0.2) is 53.6 Å². The summed E-state index contributed by atoms with van der Waals surface area (Å²) in [6, 6.07) is 10.2. The van der Waals surface area contributed by atoms with Gasteiger partial charge in [-0.2, -0.15) is 8.42 Å². The summed E-state index contributed by atoms with van der Waals surface area (Å²) in [4.78, 5) is 21.0. The first-order valence-electron chi connectivity index (χ1n) is 11.1. The Morgan fingerprint density at radius 1 is 1.14 bits per heavy atom. The van der Waals surface area contributed by atoms with Crippen LogP contribution < -0.4 is 14.3 Å². The van der Waals surface area contributed by atoms with Gasteiger partial charge in [-0.15, -0.1) is 6.42 Å². The lowest BCUT2D eigenvalue weighted by molar-refractivity contribution is 0.342. The number of terminal acetylenes is 1. The van der Waals surface area contributed by atoms with Crippen LogP contribution in [0.2, 0.25) is 0 Å². The maximum absolute atomic E-state index is 13.7. The molecule has 5 rings (SSSR count). The van der Waals surface area contributed by atoms with Crippen molar-refractivity contribution in [3.8, 4) is 35.0 Å². The van der Waals surface area contributed by atoms with E-state index in [-0.39, 0.29) is 11.2 Å². The Balaban J connectivity index is 1.85. The largest absolute Gasteiger partial charge is 0.493 e. The quantitative estimate of drug-likeness (QED) is 0.265. The van der Waals surface area contributed by atoms with Crippen LogP contribution in [0.3, 0.4) is 0 Å². The van der Waals surface area contributed by atoms with Gasteiger partial charge in [-0.1, -0.05) is 15.9 Å². The van der Waals surface area contributed by atoms with E-state index in [4.69, 9.17) is 11.2 Å². The molecule has 0 atom stereocenters. The minimum absolute atomic E-state index is 0.171. The highest BCUT2D eigenvalue weighted by molar-refractivity contribution is 7.81. The highest BCUT2D eigenvalue weighted by Crippen LogP contribution is 2.36. The predicted octanol–water partition coefficient (Wildman–Crippen LogP) is 4.69. The van der Waals surface area contributed by atoms with E-state index < -0.39 is 10.5 Å². The van der Waals surface area contributed by atoms with Crippen LogP contribution in [0, 0.1) is 12.3 Å². The van der Waals surface area contributed by atoms with Crippen LogP contribution in [-0.2, 0) is 17.0 Å². The van der Waals surface area contributed by atoms with Crippen molar-refractivity contribution in [2.45, 2.75) is 20.4 Å². The first-order chi connectivity index (χ1) is 17.2. The average molecular weight is 506 g/mol. The van der Waals surface area contributed by atoms with E-state index in [1.807, 2.05) is 23.6 Å². The molecule has 3 heterocycles. The number of fused-ring (bicyclic) bond motifs is 4. The summed E-state index contributed by atoms with van der Waals surface area (Å²) >= 11 is 0. The molecular weight excluding hydrogens is 485 g/mol. The standard InChI is InChI=1S/C26H20FN3O5S/c1-4-15-7-8-18-21(9-15)29-26-24(18)25(31)20-12-23(34-6-3)19(11-22(20)30(26)5-2)16-10-17(14-28-13-16)35-36(27,32)33/h1,7-14,29H,5-6H2,2-3H3. The molecule has 0 bridgehead atoms. The topological polar surface area (TPSA) is 103 Å². The molecule has 0 aliphatic carbocycles. The summed E-state index contributed by atoms with van der Waals surface area (Å²) < 4.78 is 47.2. The van der Waals surface area contributed by atoms with E-state index in [2.05, 4.69) is 20.1 Å². The molecule has 3 aromatic heterocycles. The van der Waals surface area contributed by atoms with Gasteiger partial charge in [0.25, 0.3) is 0 Å². The van der Waals surface area contributed by atoms with Crippen molar-refractivity contribution in [3.05, 3.63) is 64.6 Å². The minimum atomic E-state index is -5.22. The van der Waals surface area contributed by atoms with Gasteiger partial charge >= 0.3 is 10.5 Å². The lowest BCUT2D eigenvalue weighted by Crippen LogP contribution is -2.11. The number of nitrogens with zero attached hydrogens (tertiary/aromatic N) is 2. The van der Waals surface area contributed by atoms with Gasteiger partial charge in [0.05, 0.1) is 29.1 Å². The molecule has 0 aliphatic rings. The molecule has 0 unspecified atom stereocenters. The van der Waals surface area contributed by atoms with Crippen LogP contribution in [0.1, 0.15) is 19.4 Å². The molecule has 10 heteroatoms. The van der Waals surface area contributed by atoms with Crippen molar-refractivity contribution in [1.29, 1.82) is 0 Å². The average Bonchev–Trinajstić information content (AvgIpc) is 3.22. The van der Waals surface area contributed by atoms with Gasteiger partial charge in [-0.25, -0.2) is 0 Å². The van der Waals surface area contributed by atoms with Gasteiger partial charge in [-0.05, 0) is 44.2 Å². The first-order valence-corrected chi connectivity index (χ1v) is 12.4. The number of nitrogens with one attached hydrogen (secondary N) is 1. The lowest BCUT2D eigenvalue weighted by atomic mass is 10.0. The van der Waals surface area contributed by atoms with Crippen molar-refractivity contribution in [1.82, 2.24) is 14.5 Å². The number of ether oxygens (including phenoxy) is 1. The van der Waals surface area contributed by atoms with Crippen molar-refractivity contribution in [3.63, 3.8) is 0 Å². The van der Waals surface area contributed by atoms with Gasteiger partial charge in [0, 0.05) is 40.3 Å². The molecule has 36 heavy (non-hydrogen) atoms. The summed E-state index contributed by atoms with van der Waals surface area (Å²) in [5, 5.41) is 1.76. The SMILES string of the molecule is C#Cc1ccc2c(c1)[nH]c1c2c(=O)c2cc(OCC)c(-c3cncc(OS(=O)(=O)F)c3)cc2n1CC. The number of pyridine rings is 2. The Morgan fingerprint density at radius 2 is 1.94 bits per heavy atom. The molecule has 2 aromatic carbocycles. The van der Waals surface area contributed by atoms with Crippen molar-refractivity contribution in [2.75, 3.05) is 6.61 Å². The van der Waals surface area contributed by atoms with Gasteiger partial charge in [0.15, 0.2) is 11.2 Å². The summed E-state index contributed by atoms with van der Waals surface area (Å²) in [5.41, 5.74) is 3.50. The zero-order chi connectivity index (χ0) is 25.6. The zero-order valence-electron chi connectivity index (χ0n) is 19.3. The van der Waals surface area contributed by atoms with Crippen molar-refractivity contribution < 1.29 is 21.2 Å². The fraction of sp³-hybridized carbons (Fsp3) is 0.154. The van der Waals surface area contributed by atoms with E-state index in [1.165, 1.54) is 12.3 Å². The third-order valence-corrected chi connectivity index (χ3v) is 6.30. The maximum Gasteiger partial charge on any atom is 0.488 e. The molecule has 8 nitrogen and oxygen atoms in total. The number of halogens is 1. The van der Waals surface area contributed by atoms with E-state index >= 15 is 0 Å². The molecule has 0 spiro atoms. The molecule has 5 aromatic rings. The summed E-state index contributed by atoms with van der Waals surface area (Å²) in [5.74, 6) is 2.70. The summed E-state index contributed by atoms with van der Waals surface area (Å²) in [6.07, 6.45) is 8.11. The van der Waals surface area contributed by atoms with Crippen LogP contribution >= 0.6 is 0 Å². The molecule has 0 radical (unpaired) electrons. The number of hydrogen-bond acceptors (Lipinski definition) is 6. The zero-order valence-corrected chi connectivity index (χ0v) is 20.1. The Bertz CT molecular complexity index is 1880. The van der Waals surface area contributed by atoms with Crippen LogP contribution in [-0.4, -0.2) is 29.6 Å². The molecule has 0 saturated heterocycles. The maximum atomic E-state index is 13.7. The molecule has 0 amide bonds. The van der Waals surface area contributed by atoms with Crippen LogP contribution in [0.5, 0.6) is 11.5 Å². The van der Waals surface area contributed by atoms with Gasteiger partial charge in [0.1, 0.15) is 11.4 Å². The second-order valence-electron chi connectivity index (χ2n) is 8.01. The number of rotatable bonds is 6.